The molecule has 0 aliphatic carbocycles. The maximum absolute atomic E-state index is 13.1. The fourth-order valence-corrected chi connectivity index (χ4v) is 7.24. The summed E-state index contributed by atoms with van der Waals surface area (Å²) in [5, 5.41) is 15.6. The highest BCUT2D eigenvalue weighted by atomic mass is 32.2. The predicted octanol–water partition coefficient (Wildman–Crippen LogP) is 4.37. The molecule has 2 aliphatic rings. The lowest BCUT2D eigenvalue weighted by Gasteiger charge is -2.34. The number of nitrogen functional groups attached to an aromatic ring is 1. The first kappa shape index (κ1) is 33.0. The van der Waals surface area contributed by atoms with Crippen LogP contribution < -0.4 is 30.3 Å². The summed E-state index contributed by atoms with van der Waals surface area (Å²) in [5.74, 6) is 1.23. The molecule has 13 nitrogen and oxygen atoms in total. The third-order valence-corrected chi connectivity index (χ3v) is 9.94. The number of aromatic nitrogens is 4. The fourth-order valence-electron chi connectivity index (χ4n) is 6.11. The number of imidazole rings is 1. The first-order chi connectivity index (χ1) is 24.3. The first-order valence-electron chi connectivity index (χ1n) is 16.4. The molecule has 3 N–H and O–H groups in total. The van der Waals surface area contributed by atoms with E-state index in [0.29, 0.717) is 47.3 Å². The van der Waals surface area contributed by atoms with Crippen LogP contribution in [0.3, 0.4) is 0 Å². The van der Waals surface area contributed by atoms with Gasteiger partial charge in [0.15, 0.2) is 33.6 Å². The maximum Gasteiger partial charge on any atom is 0.261 e. The molecule has 1 fully saturated rings. The lowest BCUT2D eigenvalue weighted by molar-refractivity contribution is -0.117. The Morgan fingerprint density at radius 1 is 1.06 bits per heavy atom. The Bertz CT molecular complexity index is 2150. The largest absolute Gasteiger partial charge is 0.454 e. The zero-order valence-electron chi connectivity index (χ0n) is 28.2. The van der Waals surface area contributed by atoms with Crippen LogP contribution in [0.4, 0.5) is 17.2 Å². The number of nitrogens with two attached hydrogens (primary N) is 1. The van der Waals surface area contributed by atoms with Gasteiger partial charge in [-0.05, 0) is 65.8 Å². The molecule has 5 aromatic rings. The van der Waals surface area contributed by atoms with Gasteiger partial charge in [-0.3, -0.25) is 4.79 Å². The average molecular weight is 691 g/mol. The topological polar surface area (TPSA) is 151 Å². The number of benzene rings is 3. The number of amides is 1. The Balaban J connectivity index is 1.03. The van der Waals surface area contributed by atoms with E-state index < -0.39 is 5.91 Å². The van der Waals surface area contributed by atoms with E-state index in [9.17, 15) is 10.1 Å². The summed E-state index contributed by atoms with van der Waals surface area (Å²) in [6.45, 7) is 5.10. The van der Waals surface area contributed by atoms with Gasteiger partial charge in [-0.15, -0.1) is 0 Å². The van der Waals surface area contributed by atoms with Gasteiger partial charge in [-0.25, -0.2) is 15.0 Å². The summed E-state index contributed by atoms with van der Waals surface area (Å²) in [6, 6.07) is 18.4. The number of hydrogen-bond donors (Lipinski definition) is 2. The Morgan fingerprint density at radius 3 is 2.60 bits per heavy atom. The summed E-state index contributed by atoms with van der Waals surface area (Å²) in [7, 11) is 6.08. The van der Waals surface area contributed by atoms with Crippen molar-refractivity contribution in [3.8, 4) is 17.6 Å². The minimum atomic E-state index is -0.425. The molecule has 0 unspecified atom stereocenters. The van der Waals surface area contributed by atoms with Crippen LogP contribution >= 0.6 is 11.8 Å². The van der Waals surface area contributed by atoms with Crippen LogP contribution in [-0.2, 0) is 11.3 Å². The second-order valence-corrected chi connectivity index (χ2v) is 13.5. The molecule has 0 saturated carbocycles. The van der Waals surface area contributed by atoms with Gasteiger partial charge in [0.05, 0.1) is 5.69 Å². The number of nitriles is 1. The van der Waals surface area contributed by atoms with Crippen LogP contribution in [0.5, 0.6) is 11.5 Å². The minimum Gasteiger partial charge on any atom is -0.454 e. The van der Waals surface area contributed by atoms with Crippen LogP contribution in [-0.4, -0.2) is 91.0 Å². The molecule has 50 heavy (non-hydrogen) atoms. The lowest BCUT2D eigenvalue weighted by Crippen LogP contribution is -2.44. The number of fused-ring (bicyclic) bond motifs is 3. The second kappa shape index (κ2) is 14.1. The summed E-state index contributed by atoms with van der Waals surface area (Å²) in [5.41, 5.74) is 10.3. The number of nitrogens with zero attached hydrogens (tertiary/aromatic N) is 8. The van der Waals surface area contributed by atoms with Crippen molar-refractivity contribution in [2.45, 2.75) is 23.0 Å². The molecule has 7 rings (SSSR count). The van der Waals surface area contributed by atoms with E-state index >= 15 is 0 Å². The fraction of sp³-hybridized carbons (Fsp3) is 0.306. The summed E-state index contributed by atoms with van der Waals surface area (Å²) >= 11 is 1.46. The SMILES string of the molecule is CN1CCN(c2ccc3cc(/C=C(\C#N)C(=O)NCCCn4c(Sc5cc6c(cc5N(C)C)OCO6)nc5c(N)ncnc54)ccc3c2)CC1. The summed E-state index contributed by atoms with van der Waals surface area (Å²) in [6.07, 6.45) is 3.61. The summed E-state index contributed by atoms with van der Waals surface area (Å²) < 4.78 is 13.2. The van der Waals surface area contributed by atoms with Gasteiger partial charge in [0, 0.05) is 76.1 Å². The van der Waals surface area contributed by atoms with Crippen LogP contribution in [0.25, 0.3) is 28.0 Å². The normalized spacial score (nSPS) is 14.7. The van der Waals surface area contributed by atoms with Crippen molar-refractivity contribution in [3.05, 3.63) is 66.0 Å². The Kier molecular flexibility index (Phi) is 9.34. The number of carbonyl (C=O) groups excluding carboxylic acids is 1. The van der Waals surface area contributed by atoms with Gasteiger partial charge < -0.3 is 39.8 Å². The maximum atomic E-state index is 13.1. The van der Waals surface area contributed by atoms with Gasteiger partial charge in [-0.2, -0.15) is 5.26 Å². The second-order valence-electron chi connectivity index (χ2n) is 12.5. The Hall–Kier alpha value is -5.52. The van der Waals surface area contributed by atoms with Crippen molar-refractivity contribution in [1.29, 1.82) is 5.26 Å². The lowest BCUT2D eigenvalue weighted by atomic mass is 10.0. The Labute approximate surface area is 294 Å². The van der Waals surface area contributed by atoms with Crippen LogP contribution in [0.15, 0.2) is 70.5 Å². The molecule has 1 amide bonds. The van der Waals surface area contributed by atoms with Gasteiger partial charge in [0.1, 0.15) is 18.0 Å². The molecular formula is C36H38N10O3S. The number of carbonyl (C=O) groups is 1. The number of ether oxygens (including phenoxy) is 2. The number of anilines is 3. The highest BCUT2D eigenvalue weighted by molar-refractivity contribution is 7.99. The molecule has 0 radical (unpaired) electrons. The molecule has 256 valence electrons. The number of aryl methyl sites for hydroxylation is 1. The van der Waals surface area contributed by atoms with Crippen molar-refractivity contribution >= 4 is 62.9 Å². The van der Waals surface area contributed by atoms with E-state index in [1.54, 1.807) is 6.08 Å². The molecule has 0 bridgehead atoms. The average Bonchev–Trinajstić information content (AvgIpc) is 3.73. The number of rotatable bonds is 10. The van der Waals surface area contributed by atoms with E-state index in [1.165, 1.54) is 23.8 Å². The van der Waals surface area contributed by atoms with Crippen molar-refractivity contribution < 1.29 is 14.3 Å². The van der Waals surface area contributed by atoms with Gasteiger partial charge in [0.25, 0.3) is 5.91 Å². The Morgan fingerprint density at radius 2 is 1.82 bits per heavy atom. The standard InChI is InChI=1S/C36H38N10O3S/c1-43(2)28-18-29-30(49-22-48-29)19-31(28)50-36-42-32-33(38)40-21-41-34(32)46(36)10-4-9-39-35(47)26(20-37)16-23-5-6-25-17-27(8-7-24(25)15-23)45-13-11-44(3)12-14-45/h5-8,15-19,21H,4,9-14,22H2,1-3H3,(H,39,47)(H2,38,40,41)/b26-16+. The number of piperazine rings is 1. The van der Waals surface area contributed by atoms with Crippen molar-refractivity contribution in [3.63, 3.8) is 0 Å². The van der Waals surface area contributed by atoms with E-state index in [2.05, 4.69) is 56.4 Å². The van der Waals surface area contributed by atoms with Crippen LogP contribution in [0, 0.1) is 11.3 Å². The smallest absolute Gasteiger partial charge is 0.261 e. The van der Waals surface area contributed by atoms with Gasteiger partial charge in [0.2, 0.25) is 6.79 Å². The van der Waals surface area contributed by atoms with Crippen molar-refractivity contribution in [2.75, 3.05) is 76.2 Å². The molecule has 3 aromatic carbocycles. The molecule has 2 aliphatic heterocycles. The van der Waals surface area contributed by atoms with Gasteiger partial charge >= 0.3 is 0 Å². The summed E-state index contributed by atoms with van der Waals surface area (Å²) in [4.78, 5) is 34.2. The highest BCUT2D eigenvalue weighted by Crippen LogP contribution is 2.44. The third kappa shape index (κ3) is 6.83. The van der Waals surface area contributed by atoms with Crippen molar-refractivity contribution in [1.82, 2.24) is 29.7 Å². The quantitative estimate of drug-likeness (QED) is 0.122. The van der Waals surface area contributed by atoms with Crippen molar-refractivity contribution in [2.24, 2.45) is 0 Å². The monoisotopic (exact) mass is 690 g/mol. The van der Waals surface area contributed by atoms with E-state index in [4.69, 9.17) is 20.2 Å². The van der Waals surface area contributed by atoms with Gasteiger partial charge in [-0.1, -0.05) is 18.2 Å². The molecule has 0 spiro atoms. The molecule has 0 atom stereocenters. The zero-order chi connectivity index (χ0) is 34.8. The van der Waals surface area contributed by atoms with E-state index in [-0.39, 0.29) is 18.2 Å². The van der Waals surface area contributed by atoms with Crippen LogP contribution in [0.2, 0.25) is 0 Å². The minimum absolute atomic E-state index is 0.0438. The third-order valence-electron chi connectivity index (χ3n) is 8.90. The highest BCUT2D eigenvalue weighted by Gasteiger charge is 2.22. The van der Waals surface area contributed by atoms with Crippen LogP contribution in [0.1, 0.15) is 12.0 Å². The molecule has 2 aromatic heterocycles. The number of likely N-dealkylation sites (N-methyl/N-ethyl adjacent to an activating group) is 1. The predicted molar refractivity (Wildman–Crippen MR) is 196 cm³/mol. The molecule has 4 heterocycles. The van der Waals surface area contributed by atoms with E-state index in [0.717, 1.165) is 53.1 Å². The number of nitrogens with one attached hydrogen (secondary N) is 1. The number of hydrogen-bond acceptors (Lipinski definition) is 12. The first-order valence-corrected chi connectivity index (χ1v) is 17.2. The van der Waals surface area contributed by atoms with E-state index in [1.807, 2.05) is 53.9 Å². The molecular weight excluding hydrogens is 653 g/mol. The molecule has 14 heteroatoms. The molecule has 1 saturated heterocycles. The zero-order valence-corrected chi connectivity index (χ0v) is 29.0.